The molecule has 0 amide bonds. The highest BCUT2D eigenvalue weighted by Crippen LogP contribution is 2.54. The van der Waals surface area contributed by atoms with Gasteiger partial charge in [0, 0.05) is 24.2 Å². The average Bonchev–Trinajstić information content (AvgIpc) is 3.08. The normalized spacial score (nSPS) is 24.9. The Morgan fingerprint density at radius 1 is 0.553 bits per heavy atom. The van der Waals surface area contributed by atoms with Crippen molar-refractivity contribution in [1.29, 1.82) is 0 Å². The molecule has 5 aromatic carbocycles. The van der Waals surface area contributed by atoms with Crippen LogP contribution < -0.4 is 0 Å². The molecule has 0 spiro atoms. The van der Waals surface area contributed by atoms with Crippen LogP contribution in [-0.2, 0) is 24.5 Å². The molecule has 6 atom stereocenters. The van der Waals surface area contributed by atoms with Crippen LogP contribution in [0.5, 0.6) is 0 Å². The van der Waals surface area contributed by atoms with Gasteiger partial charge in [-0.1, -0.05) is 108 Å². The second-order valence-electron chi connectivity index (χ2n) is 13.3. The van der Waals surface area contributed by atoms with Gasteiger partial charge in [0.25, 0.3) is 0 Å². The van der Waals surface area contributed by atoms with E-state index in [0.717, 1.165) is 33.0 Å². The molecule has 2 aliphatic carbocycles. The van der Waals surface area contributed by atoms with E-state index in [9.17, 15) is 21.6 Å². The number of ketones is 1. The molecule has 5 nitrogen and oxygen atoms in total. The van der Waals surface area contributed by atoms with Crippen LogP contribution >= 0.6 is 0 Å². The van der Waals surface area contributed by atoms with Crippen molar-refractivity contribution >= 4 is 36.2 Å². The number of carbonyl (C=O) groups is 1. The lowest BCUT2D eigenvalue weighted by atomic mass is 9.61. The monoisotopic (exact) mass is 662 g/mol. The zero-order valence-electron chi connectivity index (χ0n) is 26.5. The minimum Gasteiger partial charge on any atom is -0.299 e. The number of sulfone groups is 2. The van der Waals surface area contributed by atoms with Gasteiger partial charge in [0.05, 0.1) is 20.3 Å². The zero-order chi connectivity index (χ0) is 32.9. The van der Waals surface area contributed by atoms with Crippen molar-refractivity contribution in [2.24, 2.45) is 11.8 Å². The predicted molar refractivity (Wildman–Crippen MR) is 186 cm³/mol. The molecule has 5 aromatic rings. The number of hydrogen-bond acceptors (Lipinski definition) is 5. The molecular formula is C40H38O5S2. The van der Waals surface area contributed by atoms with Gasteiger partial charge in [-0.15, -0.1) is 0 Å². The van der Waals surface area contributed by atoms with E-state index >= 15 is 0 Å². The van der Waals surface area contributed by atoms with Crippen molar-refractivity contribution in [3.63, 3.8) is 0 Å². The molecule has 7 heteroatoms. The Hall–Kier alpha value is -4.07. The van der Waals surface area contributed by atoms with E-state index in [1.165, 1.54) is 0 Å². The van der Waals surface area contributed by atoms with E-state index in [1.54, 1.807) is 42.5 Å². The fourth-order valence-corrected chi connectivity index (χ4v) is 12.5. The van der Waals surface area contributed by atoms with Crippen LogP contribution in [0.1, 0.15) is 53.4 Å². The minimum atomic E-state index is -3.96. The molecule has 0 aromatic heterocycles. The highest BCUT2D eigenvalue weighted by atomic mass is 32.2. The zero-order valence-corrected chi connectivity index (χ0v) is 28.1. The lowest BCUT2D eigenvalue weighted by Crippen LogP contribution is -2.53. The third-order valence-electron chi connectivity index (χ3n) is 10.5. The van der Waals surface area contributed by atoms with E-state index in [0.29, 0.717) is 0 Å². The Morgan fingerprint density at radius 2 is 1.15 bits per heavy atom. The van der Waals surface area contributed by atoms with Crippen LogP contribution in [0.4, 0.5) is 0 Å². The Bertz CT molecular complexity index is 2150. The van der Waals surface area contributed by atoms with Gasteiger partial charge in [-0.05, 0) is 78.8 Å². The molecule has 2 saturated carbocycles. The average molecular weight is 663 g/mol. The fourth-order valence-electron chi connectivity index (χ4n) is 8.20. The molecule has 2 fully saturated rings. The van der Waals surface area contributed by atoms with Crippen molar-refractivity contribution < 1.29 is 21.6 Å². The molecule has 0 heterocycles. The molecule has 0 N–H and O–H groups in total. The third-order valence-corrected chi connectivity index (χ3v) is 15.1. The van der Waals surface area contributed by atoms with E-state index in [4.69, 9.17) is 0 Å². The van der Waals surface area contributed by atoms with Crippen LogP contribution in [-0.4, -0.2) is 33.1 Å². The highest BCUT2D eigenvalue weighted by molar-refractivity contribution is 7.92. The maximum atomic E-state index is 14.9. The number of carbonyl (C=O) groups excluding carboxylic acids is 1. The number of hydrogen-bond donors (Lipinski definition) is 0. The minimum absolute atomic E-state index is 0.0399. The van der Waals surface area contributed by atoms with Gasteiger partial charge in [0.2, 0.25) is 0 Å². The summed E-state index contributed by atoms with van der Waals surface area (Å²) in [6.07, 6.45) is 0.396. The first-order valence-electron chi connectivity index (χ1n) is 16.2. The quantitative estimate of drug-likeness (QED) is 0.184. The molecule has 2 unspecified atom stereocenters. The Morgan fingerprint density at radius 3 is 1.85 bits per heavy atom. The standard InChI is InChI=1S/C40H38O5S2/c1-26-15-19-29(20-16-26)34-23-36-35(25-39(34)46(42,43)30-11-4-3-5-12-30)38(41)24-37(33-14-8-10-28-9-6-7-13-32(28)33)40(36)47(44,45)31-21-17-27(2)18-22-31/h3-22,34-37,39-40H,23-25H2,1-2H3/t34-,35+,36-,37-,39?,40?/m0/s1. The van der Waals surface area contributed by atoms with E-state index in [1.807, 2.05) is 92.7 Å². The fraction of sp³-hybridized carbons (Fsp3) is 0.275. The smallest absolute Gasteiger partial charge is 0.182 e. The molecule has 0 bridgehead atoms. The first-order valence-corrected chi connectivity index (χ1v) is 19.3. The topological polar surface area (TPSA) is 85.3 Å². The SMILES string of the molecule is Cc1ccc([C@@H]2C[C@@H]3C(S(=O)(=O)c4ccc(C)cc4)[C@H](c4cccc5ccccc45)CC(=O)[C@@H]3CC2S(=O)(=O)c2ccccc2)cc1. The van der Waals surface area contributed by atoms with Gasteiger partial charge >= 0.3 is 0 Å². The summed E-state index contributed by atoms with van der Waals surface area (Å²) in [6.45, 7) is 3.91. The largest absolute Gasteiger partial charge is 0.299 e. The molecule has 47 heavy (non-hydrogen) atoms. The molecule has 0 aliphatic heterocycles. The maximum Gasteiger partial charge on any atom is 0.182 e. The predicted octanol–water partition coefficient (Wildman–Crippen LogP) is 8.01. The van der Waals surface area contributed by atoms with Crippen molar-refractivity contribution in [3.8, 4) is 0 Å². The lowest BCUT2D eigenvalue weighted by Gasteiger charge is -2.48. The summed E-state index contributed by atoms with van der Waals surface area (Å²) in [4.78, 5) is 14.8. The first kappa shape index (κ1) is 31.5. The van der Waals surface area contributed by atoms with E-state index in [2.05, 4.69) is 0 Å². The third kappa shape index (κ3) is 5.63. The molecular weight excluding hydrogens is 625 g/mol. The molecule has 7 rings (SSSR count). The van der Waals surface area contributed by atoms with Crippen LogP contribution in [0.15, 0.2) is 131 Å². The second-order valence-corrected chi connectivity index (χ2v) is 17.6. The number of aryl methyl sites for hydroxylation is 2. The molecule has 0 radical (unpaired) electrons. The summed E-state index contributed by atoms with van der Waals surface area (Å²) in [7, 11) is -7.81. The Kier molecular flexibility index (Phi) is 8.17. The molecule has 2 aliphatic rings. The highest BCUT2D eigenvalue weighted by Gasteiger charge is 2.56. The van der Waals surface area contributed by atoms with Gasteiger partial charge in [0.15, 0.2) is 19.7 Å². The number of benzene rings is 5. The van der Waals surface area contributed by atoms with E-state index in [-0.39, 0.29) is 34.8 Å². The second kappa shape index (κ2) is 12.2. The van der Waals surface area contributed by atoms with Crippen molar-refractivity contribution in [3.05, 3.63) is 144 Å². The summed E-state index contributed by atoms with van der Waals surface area (Å²) >= 11 is 0. The summed E-state index contributed by atoms with van der Waals surface area (Å²) in [5.74, 6) is -2.39. The van der Waals surface area contributed by atoms with Gasteiger partial charge in [0.1, 0.15) is 5.78 Å². The van der Waals surface area contributed by atoms with Gasteiger partial charge in [-0.3, -0.25) is 4.79 Å². The van der Waals surface area contributed by atoms with Crippen LogP contribution in [0.3, 0.4) is 0 Å². The summed E-state index contributed by atoms with van der Waals surface area (Å²) in [6, 6.07) is 37.0. The van der Waals surface area contributed by atoms with Crippen molar-refractivity contribution in [1.82, 2.24) is 0 Å². The Labute approximate surface area is 277 Å². The number of Topliss-reactive ketones (excluding diaryl/α,β-unsaturated/α-hetero) is 1. The molecule has 0 saturated heterocycles. The van der Waals surface area contributed by atoms with Gasteiger partial charge in [-0.25, -0.2) is 16.8 Å². The summed E-state index contributed by atoms with van der Waals surface area (Å²) in [5, 5.41) is 0.147. The van der Waals surface area contributed by atoms with Crippen molar-refractivity contribution in [2.45, 2.75) is 65.2 Å². The summed E-state index contributed by atoms with van der Waals surface area (Å²) < 4.78 is 58.6. The van der Waals surface area contributed by atoms with Crippen molar-refractivity contribution in [2.75, 3.05) is 0 Å². The van der Waals surface area contributed by atoms with Crippen LogP contribution in [0.25, 0.3) is 10.8 Å². The molecule has 240 valence electrons. The number of fused-ring (bicyclic) bond motifs is 2. The van der Waals surface area contributed by atoms with Crippen LogP contribution in [0, 0.1) is 25.7 Å². The lowest BCUT2D eigenvalue weighted by molar-refractivity contribution is -0.128. The number of rotatable bonds is 6. The van der Waals surface area contributed by atoms with Gasteiger partial charge in [-0.2, -0.15) is 0 Å². The summed E-state index contributed by atoms with van der Waals surface area (Å²) in [5.41, 5.74) is 3.71. The maximum absolute atomic E-state index is 14.9. The first-order chi connectivity index (χ1) is 22.6. The van der Waals surface area contributed by atoms with E-state index < -0.39 is 53.8 Å². The van der Waals surface area contributed by atoms with Crippen LogP contribution in [0.2, 0.25) is 0 Å². The Balaban J connectivity index is 1.41. The van der Waals surface area contributed by atoms with Gasteiger partial charge < -0.3 is 0 Å².